The van der Waals surface area contributed by atoms with Crippen LogP contribution in [0.15, 0.2) is 61.2 Å². The summed E-state index contributed by atoms with van der Waals surface area (Å²) in [5.41, 5.74) is 1.28. The number of ether oxygens (including phenoxy) is 1. The monoisotopic (exact) mass is 429 g/mol. The summed E-state index contributed by atoms with van der Waals surface area (Å²) in [6, 6.07) is 15.4. The molecule has 0 aromatic heterocycles. The van der Waals surface area contributed by atoms with Gasteiger partial charge in [-0.3, -0.25) is 4.79 Å². The lowest BCUT2D eigenvalue weighted by Crippen LogP contribution is -2.60. The Labute approximate surface area is 182 Å². The van der Waals surface area contributed by atoms with E-state index in [1.54, 1.807) is 6.08 Å². The van der Waals surface area contributed by atoms with Gasteiger partial charge in [0, 0.05) is 23.0 Å². The molecule has 1 aliphatic heterocycles. The number of nitrogens with zero attached hydrogens (tertiary/aromatic N) is 1. The highest BCUT2D eigenvalue weighted by Gasteiger charge is 2.53. The summed E-state index contributed by atoms with van der Waals surface area (Å²) in [5.74, 6) is 0.570. The van der Waals surface area contributed by atoms with E-state index < -0.39 is 11.6 Å². The van der Waals surface area contributed by atoms with Gasteiger partial charge in [-0.25, -0.2) is 0 Å². The highest BCUT2D eigenvalue weighted by atomic mass is 35.5. The zero-order chi connectivity index (χ0) is 20.6. The van der Waals surface area contributed by atoms with Crippen LogP contribution < -0.4 is 0 Å². The number of hydrogen-bond acceptors (Lipinski definition) is 2. The average Bonchev–Trinajstić information content (AvgIpc) is 3.52. The van der Waals surface area contributed by atoms with Crippen molar-refractivity contribution in [1.82, 2.24) is 4.90 Å². The van der Waals surface area contributed by atoms with Crippen molar-refractivity contribution in [2.24, 2.45) is 5.92 Å². The minimum atomic E-state index is -0.674. The molecule has 0 N–H and O–H groups in total. The molecule has 0 radical (unpaired) electrons. The first-order valence-corrected chi connectivity index (χ1v) is 10.8. The van der Waals surface area contributed by atoms with Gasteiger partial charge < -0.3 is 9.64 Å². The molecule has 5 heteroatoms. The van der Waals surface area contributed by atoms with E-state index in [1.807, 2.05) is 53.4 Å². The standard InChI is InChI=1S/C24H25Cl2NO2/c1-3-5-21-23(28)27(15-16-8-9-16)24(2,18-10-12-19(25)13-11-18)22(29-21)17-6-4-7-20(26)14-17/h3-4,6-7,10-14,16,21-22H,1,5,8-9,15H2,2H3/t21-,22-,24?/m1/s1. The Morgan fingerprint density at radius 1 is 1.17 bits per heavy atom. The second kappa shape index (κ2) is 8.14. The van der Waals surface area contributed by atoms with Crippen molar-refractivity contribution in [2.75, 3.05) is 6.54 Å². The molecule has 1 aliphatic carbocycles. The molecule has 2 aliphatic rings. The molecule has 4 rings (SSSR count). The molecule has 3 nitrogen and oxygen atoms in total. The van der Waals surface area contributed by atoms with Crippen molar-refractivity contribution in [3.63, 3.8) is 0 Å². The van der Waals surface area contributed by atoms with Crippen LogP contribution in [0.1, 0.15) is 43.4 Å². The minimum absolute atomic E-state index is 0.0209. The van der Waals surface area contributed by atoms with Crippen LogP contribution in [-0.4, -0.2) is 23.5 Å². The molecule has 152 valence electrons. The summed E-state index contributed by atoms with van der Waals surface area (Å²) in [5, 5.41) is 1.31. The molecule has 0 bridgehead atoms. The molecular weight excluding hydrogens is 405 g/mol. The van der Waals surface area contributed by atoms with Crippen LogP contribution in [-0.2, 0) is 15.1 Å². The highest BCUT2D eigenvalue weighted by molar-refractivity contribution is 6.30. The van der Waals surface area contributed by atoms with Crippen LogP contribution in [0.5, 0.6) is 0 Å². The third-order valence-electron chi connectivity index (χ3n) is 6.01. The lowest BCUT2D eigenvalue weighted by Gasteiger charge is -2.52. The Morgan fingerprint density at radius 2 is 1.90 bits per heavy atom. The van der Waals surface area contributed by atoms with Gasteiger partial charge in [0.1, 0.15) is 12.2 Å². The third-order valence-corrected chi connectivity index (χ3v) is 6.50. The van der Waals surface area contributed by atoms with E-state index in [0.717, 1.165) is 30.5 Å². The van der Waals surface area contributed by atoms with Crippen molar-refractivity contribution in [2.45, 2.75) is 43.9 Å². The Balaban J connectivity index is 1.86. The Bertz CT molecular complexity index is 909. The Kier molecular flexibility index (Phi) is 5.74. The number of carbonyl (C=O) groups excluding carboxylic acids is 1. The maximum Gasteiger partial charge on any atom is 0.252 e. The number of amides is 1. The Hall–Kier alpha value is -1.81. The summed E-state index contributed by atoms with van der Waals surface area (Å²) >= 11 is 12.5. The van der Waals surface area contributed by atoms with Gasteiger partial charge in [-0.2, -0.15) is 0 Å². The largest absolute Gasteiger partial charge is 0.357 e. The molecule has 1 unspecified atom stereocenters. The lowest BCUT2D eigenvalue weighted by atomic mass is 9.78. The van der Waals surface area contributed by atoms with Crippen molar-refractivity contribution in [1.29, 1.82) is 0 Å². The summed E-state index contributed by atoms with van der Waals surface area (Å²) in [4.78, 5) is 15.5. The summed E-state index contributed by atoms with van der Waals surface area (Å²) in [6.45, 7) is 6.63. The second-order valence-corrected chi connectivity index (χ2v) is 9.00. The molecule has 29 heavy (non-hydrogen) atoms. The maximum absolute atomic E-state index is 13.5. The topological polar surface area (TPSA) is 29.5 Å². The molecule has 0 spiro atoms. The van der Waals surface area contributed by atoms with Crippen LogP contribution in [0.2, 0.25) is 10.0 Å². The van der Waals surface area contributed by atoms with E-state index in [9.17, 15) is 4.79 Å². The smallest absolute Gasteiger partial charge is 0.252 e. The van der Waals surface area contributed by atoms with E-state index in [0.29, 0.717) is 22.4 Å². The van der Waals surface area contributed by atoms with Crippen LogP contribution >= 0.6 is 23.2 Å². The van der Waals surface area contributed by atoms with E-state index >= 15 is 0 Å². The van der Waals surface area contributed by atoms with E-state index in [2.05, 4.69) is 13.5 Å². The number of hydrogen-bond donors (Lipinski definition) is 0. The zero-order valence-corrected chi connectivity index (χ0v) is 18.0. The minimum Gasteiger partial charge on any atom is -0.357 e. The van der Waals surface area contributed by atoms with Gasteiger partial charge in [0.05, 0.1) is 5.54 Å². The first-order chi connectivity index (χ1) is 13.9. The van der Waals surface area contributed by atoms with Gasteiger partial charge in [0.2, 0.25) is 0 Å². The fourth-order valence-electron chi connectivity index (χ4n) is 4.21. The van der Waals surface area contributed by atoms with E-state index in [1.165, 1.54) is 0 Å². The molecule has 2 aromatic rings. The molecule has 2 aromatic carbocycles. The summed E-state index contributed by atoms with van der Waals surface area (Å²) < 4.78 is 6.46. The Morgan fingerprint density at radius 3 is 2.52 bits per heavy atom. The molecule has 1 saturated carbocycles. The lowest BCUT2D eigenvalue weighted by molar-refractivity contribution is -0.192. The first-order valence-electron chi connectivity index (χ1n) is 10.0. The fraction of sp³-hybridized carbons (Fsp3) is 0.375. The number of rotatable bonds is 6. The number of benzene rings is 2. The average molecular weight is 430 g/mol. The van der Waals surface area contributed by atoms with Gasteiger partial charge in [0.25, 0.3) is 5.91 Å². The van der Waals surface area contributed by atoms with Crippen LogP contribution in [0.4, 0.5) is 0 Å². The molecule has 1 amide bonds. The molecule has 1 saturated heterocycles. The molecular formula is C24H25Cl2NO2. The van der Waals surface area contributed by atoms with E-state index in [-0.39, 0.29) is 12.0 Å². The predicted octanol–water partition coefficient (Wildman–Crippen LogP) is 6.16. The summed E-state index contributed by atoms with van der Waals surface area (Å²) in [7, 11) is 0. The van der Waals surface area contributed by atoms with Crippen molar-refractivity contribution < 1.29 is 9.53 Å². The first kappa shape index (κ1) is 20.5. The normalized spacial score (nSPS) is 27.1. The maximum atomic E-state index is 13.5. The fourth-order valence-corrected chi connectivity index (χ4v) is 4.54. The van der Waals surface area contributed by atoms with Gasteiger partial charge in [-0.1, -0.05) is 53.5 Å². The van der Waals surface area contributed by atoms with Crippen LogP contribution in [0, 0.1) is 5.92 Å². The second-order valence-electron chi connectivity index (χ2n) is 8.13. The number of carbonyl (C=O) groups is 1. The van der Waals surface area contributed by atoms with Crippen molar-refractivity contribution in [3.05, 3.63) is 82.4 Å². The van der Waals surface area contributed by atoms with Gasteiger partial charge in [0.15, 0.2) is 0 Å². The predicted molar refractivity (Wildman–Crippen MR) is 117 cm³/mol. The highest BCUT2D eigenvalue weighted by Crippen LogP contribution is 2.49. The molecule has 2 fully saturated rings. The van der Waals surface area contributed by atoms with Crippen molar-refractivity contribution >= 4 is 29.1 Å². The SMILES string of the molecule is C=CC[C@H]1O[C@H](c2cccc(Cl)c2)C(C)(c2ccc(Cl)cc2)N(CC2CC2)C1=O. The molecule has 1 heterocycles. The van der Waals surface area contributed by atoms with Gasteiger partial charge >= 0.3 is 0 Å². The quantitative estimate of drug-likeness (QED) is 0.514. The van der Waals surface area contributed by atoms with Gasteiger partial charge in [-0.05, 0) is 61.1 Å². The zero-order valence-electron chi connectivity index (χ0n) is 16.5. The summed E-state index contributed by atoms with van der Waals surface area (Å²) in [6.07, 6.45) is 3.65. The van der Waals surface area contributed by atoms with Crippen LogP contribution in [0.25, 0.3) is 0 Å². The number of halogens is 2. The third kappa shape index (κ3) is 3.96. The van der Waals surface area contributed by atoms with Crippen LogP contribution in [0.3, 0.4) is 0 Å². The van der Waals surface area contributed by atoms with Gasteiger partial charge in [-0.15, -0.1) is 6.58 Å². The van der Waals surface area contributed by atoms with Crippen molar-refractivity contribution in [3.8, 4) is 0 Å². The van der Waals surface area contributed by atoms with E-state index in [4.69, 9.17) is 27.9 Å². The molecule has 3 atom stereocenters. The number of morpholine rings is 1.